The zero-order chi connectivity index (χ0) is 25.9. The highest BCUT2D eigenvalue weighted by Crippen LogP contribution is 2.26. The summed E-state index contributed by atoms with van der Waals surface area (Å²) in [7, 11) is 1.71. The van der Waals surface area contributed by atoms with Gasteiger partial charge < -0.3 is 9.47 Å². The first-order valence-electron chi connectivity index (χ1n) is 13.3. The van der Waals surface area contributed by atoms with Crippen LogP contribution in [0.5, 0.6) is 17.2 Å². The van der Waals surface area contributed by atoms with Gasteiger partial charge in [-0.1, -0.05) is 48.0 Å². The molecule has 4 nitrogen and oxygen atoms in total. The van der Waals surface area contributed by atoms with Gasteiger partial charge in [0, 0.05) is 37.4 Å². The number of rotatable bonds is 7. The number of fused-ring (bicyclic) bond motifs is 2. The Hall–Kier alpha value is -4.18. The van der Waals surface area contributed by atoms with Gasteiger partial charge in [0.2, 0.25) is 0 Å². The van der Waals surface area contributed by atoms with E-state index in [0.717, 1.165) is 61.7 Å². The Labute approximate surface area is 224 Å². The lowest BCUT2D eigenvalue weighted by molar-refractivity contribution is 0.414. The molecule has 0 fully saturated rings. The lowest BCUT2D eigenvalue weighted by atomic mass is 9.92. The van der Waals surface area contributed by atoms with E-state index < -0.39 is 0 Å². The summed E-state index contributed by atoms with van der Waals surface area (Å²) >= 11 is 0. The van der Waals surface area contributed by atoms with Gasteiger partial charge in [-0.2, -0.15) is 0 Å². The van der Waals surface area contributed by atoms with E-state index in [4.69, 9.17) is 19.5 Å². The van der Waals surface area contributed by atoms with E-state index in [-0.39, 0.29) is 0 Å². The van der Waals surface area contributed by atoms with Crippen molar-refractivity contribution < 1.29 is 9.47 Å². The van der Waals surface area contributed by atoms with Crippen molar-refractivity contribution in [3.63, 3.8) is 0 Å². The maximum Gasteiger partial charge on any atom is 0.127 e. The summed E-state index contributed by atoms with van der Waals surface area (Å²) in [5, 5.41) is 0. The number of hydrogen-bond acceptors (Lipinski definition) is 4. The minimum absolute atomic E-state index is 0.806. The minimum atomic E-state index is 0.806. The lowest BCUT2D eigenvalue weighted by Gasteiger charge is -2.18. The first kappa shape index (κ1) is 24.2. The number of methoxy groups -OCH3 is 1. The molecule has 0 amide bonds. The van der Waals surface area contributed by atoms with Crippen molar-refractivity contribution in [3.8, 4) is 17.2 Å². The molecule has 2 aliphatic heterocycles. The van der Waals surface area contributed by atoms with Crippen LogP contribution >= 0.6 is 0 Å². The second-order valence-corrected chi connectivity index (χ2v) is 10.1. The van der Waals surface area contributed by atoms with Crippen LogP contribution in [-0.2, 0) is 25.7 Å². The molecule has 0 spiro atoms. The molecule has 0 N–H and O–H groups in total. The van der Waals surface area contributed by atoms with Crippen LogP contribution in [0.1, 0.15) is 38.9 Å². The smallest absolute Gasteiger partial charge is 0.127 e. The van der Waals surface area contributed by atoms with Gasteiger partial charge in [-0.25, -0.2) is 0 Å². The van der Waals surface area contributed by atoms with E-state index in [9.17, 15) is 0 Å². The van der Waals surface area contributed by atoms with Gasteiger partial charge in [-0.05, 0) is 95.6 Å². The van der Waals surface area contributed by atoms with E-state index in [1.165, 1.54) is 44.7 Å². The normalized spacial score (nSPS) is 14.2. The van der Waals surface area contributed by atoms with Crippen LogP contribution in [0.4, 0.5) is 0 Å². The van der Waals surface area contributed by atoms with Crippen molar-refractivity contribution in [2.45, 2.75) is 32.6 Å². The maximum absolute atomic E-state index is 6.15. The largest absolute Gasteiger partial charge is 0.497 e. The third-order valence-corrected chi connectivity index (χ3v) is 7.39. The van der Waals surface area contributed by atoms with Crippen LogP contribution in [0.15, 0.2) is 94.9 Å². The highest BCUT2D eigenvalue weighted by molar-refractivity contribution is 6.04. The lowest BCUT2D eigenvalue weighted by Crippen LogP contribution is -2.15. The van der Waals surface area contributed by atoms with Crippen LogP contribution in [0.25, 0.3) is 0 Å². The summed E-state index contributed by atoms with van der Waals surface area (Å²) in [6.07, 6.45) is 3.64. The van der Waals surface area contributed by atoms with Crippen LogP contribution in [0.3, 0.4) is 0 Å². The predicted octanol–water partition coefficient (Wildman–Crippen LogP) is 6.97. The van der Waals surface area contributed by atoms with Crippen molar-refractivity contribution in [3.05, 3.63) is 124 Å². The summed E-state index contributed by atoms with van der Waals surface area (Å²) in [6, 6.07) is 29.7. The molecule has 0 radical (unpaired) electrons. The van der Waals surface area contributed by atoms with Gasteiger partial charge in [0.15, 0.2) is 0 Å². The molecule has 2 heterocycles. The van der Waals surface area contributed by atoms with Crippen LogP contribution in [0, 0.1) is 6.92 Å². The molecule has 4 aromatic rings. The van der Waals surface area contributed by atoms with Crippen molar-refractivity contribution in [1.82, 2.24) is 0 Å². The fourth-order valence-electron chi connectivity index (χ4n) is 5.36. The molecule has 0 aliphatic carbocycles. The van der Waals surface area contributed by atoms with Crippen molar-refractivity contribution in [2.75, 3.05) is 20.2 Å². The molecule has 0 atom stereocenters. The molecule has 4 aromatic carbocycles. The average Bonchev–Trinajstić information content (AvgIpc) is 2.95. The molecule has 0 saturated heterocycles. The molecule has 2 aliphatic rings. The van der Waals surface area contributed by atoms with Gasteiger partial charge in [-0.15, -0.1) is 0 Å². The summed E-state index contributed by atoms with van der Waals surface area (Å²) in [5.41, 5.74) is 11.3. The predicted molar refractivity (Wildman–Crippen MR) is 155 cm³/mol. The summed E-state index contributed by atoms with van der Waals surface area (Å²) in [4.78, 5) is 9.64. The zero-order valence-corrected chi connectivity index (χ0v) is 22.0. The fraction of sp³-hybridized carbons (Fsp3) is 0.235. The highest BCUT2D eigenvalue weighted by atomic mass is 16.5. The Kier molecular flexibility index (Phi) is 6.78. The summed E-state index contributed by atoms with van der Waals surface area (Å²) in [5.74, 6) is 2.57. The van der Waals surface area contributed by atoms with E-state index in [1.54, 1.807) is 7.11 Å². The minimum Gasteiger partial charge on any atom is -0.497 e. The van der Waals surface area contributed by atoms with Crippen LogP contribution in [-0.4, -0.2) is 31.6 Å². The molecule has 0 aromatic heterocycles. The Bertz CT molecular complexity index is 1520. The van der Waals surface area contributed by atoms with E-state index in [0.29, 0.717) is 0 Å². The number of hydrogen-bond donors (Lipinski definition) is 0. The van der Waals surface area contributed by atoms with Crippen molar-refractivity contribution in [1.29, 1.82) is 0 Å². The van der Waals surface area contributed by atoms with E-state index >= 15 is 0 Å². The molecule has 0 unspecified atom stereocenters. The van der Waals surface area contributed by atoms with E-state index in [1.807, 2.05) is 30.3 Å². The molecule has 4 heteroatoms. The molecule has 0 saturated carbocycles. The molecular formula is C34H32N2O2. The van der Waals surface area contributed by atoms with Crippen molar-refractivity contribution >= 4 is 11.4 Å². The third-order valence-electron chi connectivity index (χ3n) is 7.39. The molecule has 190 valence electrons. The number of benzene rings is 4. The maximum atomic E-state index is 6.15. The first-order valence-corrected chi connectivity index (χ1v) is 13.3. The van der Waals surface area contributed by atoms with Crippen molar-refractivity contribution in [2.24, 2.45) is 9.98 Å². The van der Waals surface area contributed by atoms with Crippen LogP contribution < -0.4 is 9.47 Å². The second kappa shape index (κ2) is 10.7. The highest BCUT2D eigenvalue weighted by Gasteiger charge is 2.16. The number of ether oxygens (including phenoxy) is 2. The third kappa shape index (κ3) is 5.26. The fourth-order valence-corrected chi connectivity index (χ4v) is 5.36. The average molecular weight is 501 g/mol. The second-order valence-electron chi connectivity index (χ2n) is 10.1. The number of aliphatic imine (C=N–C) groups is 2. The monoisotopic (exact) mass is 500 g/mol. The van der Waals surface area contributed by atoms with Gasteiger partial charge in [-0.3, -0.25) is 9.98 Å². The van der Waals surface area contributed by atoms with E-state index in [2.05, 4.69) is 61.5 Å². The SMILES string of the molecule is COc1ccc2c(c1)CCN=C2Cc1ccc(Oc2ccc(CC3=NCCc4cc(C)ccc43)cc2)cc1. The Balaban J connectivity index is 1.09. The topological polar surface area (TPSA) is 43.2 Å². The molecule has 6 rings (SSSR count). The summed E-state index contributed by atoms with van der Waals surface area (Å²) < 4.78 is 11.5. The van der Waals surface area contributed by atoms with Gasteiger partial charge >= 0.3 is 0 Å². The van der Waals surface area contributed by atoms with Gasteiger partial charge in [0.1, 0.15) is 17.2 Å². The summed E-state index contributed by atoms with van der Waals surface area (Å²) in [6.45, 7) is 3.85. The number of aryl methyl sites for hydroxylation is 1. The van der Waals surface area contributed by atoms with Gasteiger partial charge in [0.25, 0.3) is 0 Å². The Morgan fingerprint density at radius 3 is 1.66 bits per heavy atom. The Morgan fingerprint density at radius 2 is 1.11 bits per heavy atom. The zero-order valence-electron chi connectivity index (χ0n) is 22.0. The molecular weight excluding hydrogens is 468 g/mol. The molecule has 0 bridgehead atoms. The molecule has 38 heavy (non-hydrogen) atoms. The quantitative estimate of drug-likeness (QED) is 0.275. The van der Waals surface area contributed by atoms with Gasteiger partial charge in [0.05, 0.1) is 7.11 Å². The standard InChI is InChI=1S/C34H32N2O2/c1-23-3-13-31-26(19-23)15-17-35-33(31)20-24-4-8-28(9-5-24)38-29-10-6-25(7-11-29)21-34-32-14-12-30(37-2)22-27(32)16-18-36-34/h3-14,19,22H,15-18,20-21H2,1-2H3. The first-order chi connectivity index (χ1) is 18.6. The number of nitrogens with zero attached hydrogens (tertiary/aromatic N) is 2. The Morgan fingerprint density at radius 1 is 0.605 bits per heavy atom. The van der Waals surface area contributed by atoms with Crippen LogP contribution in [0.2, 0.25) is 0 Å².